The summed E-state index contributed by atoms with van der Waals surface area (Å²) in [4.78, 5) is 25.9. The van der Waals surface area contributed by atoms with Gasteiger partial charge in [0.1, 0.15) is 0 Å². The molecule has 80 valence electrons. The lowest BCUT2D eigenvalue weighted by atomic mass is 10.3. The summed E-state index contributed by atoms with van der Waals surface area (Å²) in [7, 11) is 0. The molecule has 0 radical (unpaired) electrons. The molecule has 0 fully saturated rings. The first kappa shape index (κ1) is 11.2. The number of hydrogen-bond donors (Lipinski definition) is 0. The molecule has 0 aromatic carbocycles. The van der Waals surface area contributed by atoms with Crippen molar-refractivity contribution in [2.75, 3.05) is 13.2 Å². The number of rotatable bonds is 4. The van der Waals surface area contributed by atoms with Crippen LogP contribution in [0.5, 0.6) is 0 Å². The summed E-state index contributed by atoms with van der Waals surface area (Å²) < 4.78 is 9.30. The predicted molar refractivity (Wildman–Crippen MR) is 51.2 cm³/mol. The average Bonchev–Trinajstić information content (AvgIpc) is 2.27. The third-order valence-electron chi connectivity index (χ3n) is 1.54. The highest BCUT2D eigenvalue weighted by molar-refractivity contribution is 5.90. The van der Waals surface area contributed by atoms with Gasteiger partial charge in [0.2, 0.25) is 0 Å². The van der Waals surface area contributed by atoms with E-state index in [0.717, 1.165) is 0 Å². The molecule has 1 aromatic heterocycles. The summed E-state index contributed by atoms with van der Waals surface area (Å²) in [6, 6.07) is 3.01. The van der Waals surface area contributed by atoms with E-state index in [1.807, 2.05) is 0 Å². The topological polar surface area (TPSA) is 65.5 Å². The molecule has 1 rings (SSSR count). The van der Waals surface area contributed by atoms with Crippen molar-refractivity contribution in [1.29, 1.82) is 0 Å². The lowest BCUT2D eigenvalue weighted by molar-refractivity contribution is -0.146. The number of esters is 2. The third kappa shape index (κ3) is 3.76. The summed E-state index contributed by atoms with van der Waals surface area (Å²) in [6.07, 6.45) is 2.95. The SMILES string of the molecule is CCOC(=O)COC(=O)c1ccncc1. The summed E-state index contributed by atoms with van der Waals surface area (Å²) in [5.41, 5.74) is 0.356. The van der Waals surface area contributed by atoms with Gasteiger partial charge in [-0.1, -0.05) is 0 Å². The summed E-state index contributed by atoms with van der Waals surface area (Å²) in [5.74, 6) is -1.12. The van der Waals surface area contributed by atoms with Crippen LogP contribution >= 0.6 is 0 Å². The Kier molecular flexibility index (Phi) is 4.28. The largest absolute Gasteiger partial charge is 0.463 e. The molecule has 5 nitrogen and oxygen atoms in total. The zero-order valence-electron chi connectivity index (χ0n) is 8.30. The first-order valence-electron chi connectivity index (χ1n) is 4.46. The van der Waals surface area contributed by atoms with Crippen LogP contribution in [0.25, 0.3) is 0 Å². The molecule has 0 atom stereocenters. The van der Waals surface area contributed by atoms with E-state index < -0.39 is 11.9 Å². The fourth-order valence-electron chi connectivity index (χ4n) is 0.898. The summed E-state index contributed by atoms with van der Waals surface area (Å²) in [6.45, 7) is 1.59. The molecule has 0 N–H and O–H groups in total. The van der Waals surface area contributed by atoms with Gasteiger partial charge in [0, 0.05) is 12.4 Å². The van der Waals surface area contributed by atoms with Gasteiger partial charge in [0.05, 0.1) is 12.2 Å². The van der Waals surface area contributed by atoms with Crippen molar-refractivity contribution in [3.8, 4) is 0 Å². The van der Waals surface area contributed by atoms with E-state index in [-0.39, 0.29) is 13.2 Å². The van der Waals surface area contributed by atoms with E-state index in [4.69, 9.17) is 4.74 Å². The summed E-state index contributed by atoms with van der Waals surface area (Å²) in [5, 5.41) is 0. The Morgan fingerprint density at radius 1 is 1.27 bits per heavy atom. The third-order valence-corrected chi connectivity index (χ3v) is 1.54. The number of carbonyl (C=O) groups is 2. The second-order valence-electron chi connectivity index (χ2n) is 2.62. The lowest BCUT2D eigenvalue weighted by Gasteiger charge is -2.03. The smallest absolute Gasteiger partial charge is 0.344 e. The van der Waals surface area contributed by atoms with Gasteiger partial charge in [0.15, 0.2) is 6.61 Å². The van der Waals surface area contributed by atoms with Crippen LogP contribution < -0.4 is 0 Å². The minimum atomic E-state index is -0.564. The lowest BCUT2D eigenvalue weighted by Crippen LogP contribution is -2.16. The Hall–Kier alpha value is -1.91. The van der Waals surface area contributed by atoms with Crippen molar-refractivity contribution in [2.24, 2.45) is 0 Å². The molecule has 15 heavy (non-hydrogen) atoms. The van der Waals surface area contributed by atoms with Crippen molar-refractivity contribution in [1.82, 2.24) is 4.98 Å². The van der Waals surface area contributed by atoms with Crippen molar-refractivity contribution in [3.63, 3.8) is 0 Å². The molecule has 0 spiro atoms. The van der Waals surface area contributed by atoms with Crippen molar-refractivity contribution >= 4 is 11.9 Å². The van der Waals surface area contributed by atoms with Gasteiger partial charge >= 0.3 is 11.9 Å². The number of aromatic nitrogens is 1. The molecule has 0 aliphatic heterocycles. The zero-order chi connectivity index (χ0) is 11.1. The highest BCUT2D eigenvalue weighted by atomic mass is 16.6. The van der Waals surface area contributed by atoms with Crippen LogP contribution in [0.15, 0.2) is 24.5 Å². The molecular weight excluding hydrogens is 198 g/mol. The number of pyridine rings is 1. The standard InChI is InChI=1S/C10H11NO4/c1-2-14-9(12)7-15-10(13)8-3-5-11-6-4-8/h3-6H,2,7H2,1H3. The number of carbonyl (C=O) groups excluding carboxylic acids is 2. The first-order valence-corrected chi connectivity index (χ1v) is 4.46. The van der Waals surface area contributed by atoms with Gasteiger partial charge in [-0.15, -0.1) is 0 Å². The quantitative estimate of drug-likeness (QED) is 0.686. The number of hydrogen-bond acceptors (Lipinski definition) is 5. The van der Waals surface area contributed by atoms with Crippen LogP contribution in [0.2, 0.25) is 0 Å². The second kappa shape index (κ2) is 5.74. The maximum Gasteiger partial charge on any atom is 0.344 e. The molecular formula is C10H11NO4. The van der Waals surface area contributed by atoms with Crippen LogP contribution in [-0.2, 0) is 14.3 Å². The van der Waals surface area contributed by atoms with E-state index in [1.54, 1.807) is 6.92 Å². The van der Waals surface area contributed by atoms with E-state index in [9.17, 15) is 9.59 Å². The molecule has 1 heterocycles. The number of nitrogens with zero attached hydrogens (tertiary/aromatic N) is 1. The minimum absolute atomic E-state index is 0.269. The highest BCUT2D eigenvalue weighted by Gasteiger charge is 2.09. The molecule has 0 aliphatic carbocycles. The Balaban J connectivity index is 2.40. The van der Waals surface area contributed by atoms with Crippen LogP contribution in [-0.4, -0.2) is 30.1 Å². The average molecular weight is 209 g/mol. The molecule has 0 amide bonds. The monoisotopic (exact) mass is 209 g/mol. The maximum atomic E-state index is 11.3. The minimum Gasteiger partial charge on any atom is -0.463 e. The van der Waals surface area contributed by atoms with Gasteiger partial charge in [-0.2, -0.15) is 0 Å². The van der Waals surface area contributed by atoms with Crippen LogP contribution in [0.4, 0.5) is 0 Å². The fourth-order valence-corrected chi connectivity index (χ4v) is 0.898. The normalized spacial score (nSPS) is 9.40. The van der Waals surface area contributed by atoms with Crippen molar-refractivity contribution in [2.45, 2.75) is 6.92 Å². The maximum absolute atomic E-state index is 11.3. The van der Waals surface area contributed by atoms with Gasteiger partial charge in [-0.05, 0) is 19.1 Å². The van der Waals surface area contributed by atoms with Crippen LogP contribution in [0.3, 0.4) is 0 Å². The zero-order valence-corrected chi connectivity index (χ0v) is 8.30. The molecule has 0 bridgehead atoms. The Bertz CT molecular complexity index is 337. The van der Waals surface area contributed by atoms with Crippen LogP contribution in [0, 0.1) is 0 Å². The van der Waals surface area contributed by atoms with E-state index >= 15 is 0 Å². The van der Waals surface area contributed by atoms with Crippen molar-refractivity contribution in [3.05, 3.63) is 30.1 Å². The molecule has 1 aromatic rings. The molecule has 0 unspecified atom stereocenters. The van der Waals surface area contributed by atoms with E-state index in [1.165, 1.54) is 24.5 Å². The van der Waals surface area contributed by atoms with Crippen molar-refractivity contribution < 1.29 is 19.1 Å². The molecule has 0 saturated heterocycles. The molecule has 0 saturated carbocycles. The number of ether oxygens (including phenoxy) is 2. The fraction of sp³-hybridized carbons (Fsp3) is 0.300. The Morgan fingerprint density at radius 2 is 1.93 bits per heavy atom. The van der Waals surface area contributed by atoms with Gasteiger partial charge < -0.3 is 9.47 Å². The Morgan fingerprint density at radius 3 is 2.53 bits per heavy atom. The first-order chi connectivity index (χ1) is 7.24. The summed E-state index contributed by atoms with van der Waals surface area (Å²) >= 11 is 0. The van der Waals surface area contributed by atoms with Crippen LogP contribution in [0.1, 0.15) is 17.3 Å². The highest BCUT2D eigenvalue weighted by Crippen LogP contribution is 1.99. The second-order valence-corrected chi connectivity index (χ2v) is 2.62. The van der Waals surface area contributed by atoms with E-state index in [0.29, 0.717) is 5.56 Å². The van der Waals surface area contributed by atoms with Gasteiger partial charge in [-0.25, -0.2) is 9.59 Å². The van der Waals surface area contributed by atoms with E-state index in [2.05, 4.69) is 9.72 Å². The van der Waals surface area contributed by atoms with Gasteiger partial charge in [0.25, 0.3) is 0 Å². The molecule has 5 heteroatoms. The predicted octanol–water partition coefficient (Wildman–Crippen LogP) is 0.802. The van der Waals surface area contributed by atoms with Gasteiger partial charge in [-0.3, -0.25) is 4.98 Å². The molecule has 0 aliphatic rings. The Labute approximate surface area is 87.0 Å².